The molecule has 0 spiro atoms. The van der Waals surface area contributed by atoms with Gasteiger partial charge in [0, 0.05) is 6.54 Å². The summed E-state index contributed by atoms with van der Waals surface area (Å²) < 4.78 is 9.66. The van der Waals surface area contributed by atoms with E-state index in [1.165, 1.54) is 25.3 Å². The average Bonchev–Trinajstić information content (AvgIpc) is 2.42. The lowest BCUT2D eigenvalue weighted by Gasteiger charge is -2.09. The van der Waals surface area contributed by atoms with Gasteiger partial charge in [-0.25, -0.2) is 9.59 Å². The van der Waals surface area contributed by atoms with Gasteiger partial charge in [0.1, 0.15) is 17.9 Å². The molecule has 6 nitrogen and oxygen atoms in total. The van der Waals surface area contributed by atoms with Gasteiger partial charge in [0.15, 0.2) is 0 Å². The van der Waals surface area contributed by atoms with Crippen LogP contribution in [-0.4, -0.2) is 30.9 Å². The molecule has 6 heteroatoms. The van der Waals surface area contributed by atoms with Gasteiger partial charge < -0.3 is 19.9 Å². The highest BCUT2D eigenvalue weighted by atomic mass is 16.5. The smallest absolute Gasteiger partial charge is 0.407 e. The lowest BCUT2D eigenvalue weighted by atomic mass is 10.1. The zero-order chi connectivity index (χ0) is 14.3. The van der Waals surface area contributed by atoms with Crippen LogP contribution >= 0.6 is 0 Å². The van der Waals surface area contributed by atoms with Gasteiger partial charge in [-0.05, 0) is 17.7 Å². The lowest BCUT2D eigenvalue weighted by Crippen LogP contribution is -2.23. The first-order valence-electron chi connectivity index (χ1n) is 5.50. The number of rotatable bonds is 6. The monoisotopic (exact) mass is 265 g/mol. The van der Waals surface area contributed by atoms with Gasteiger partial charge in [-0.1, -0.05) is 18.7 Å². The van der Waals surface area contributed by atoms with Crippen LogP contribution in [0.1, 0.15) is 15.9 Å². The first-order valence-corrected chi connectivity index (χ1v) is 5.50. The second-order valence-electron chi connectivity index (χ2n) is 3.58. The number of amides is 1. The van der Waals surface area contributed by atoms with E-state index in [9.17, 15) is 9.59 Å². The Hall–Kier alpha value is -2.50. The molecule has 19 heavy (non-hydrogen) atoms. The number of alkyl carbamates (subject to hydrolysis) is 1. The largest absolute Gasteiger partial charge is 0.496 e. The predicted octanol–water partition coefficient (Wildman–Crippen LogP) is 1.81. The van der Waals surface area contributed by atoms with E-state index >= 15 is 0 Å². The summed E-state index contributed by atoms with van der Waals surface area (Å²) in [6, 6.07) is 4.64. The molecule has 0 bridgehead atoms. The summed E-state index contributed by atoms with van der Waals surface area (Å²) in [5.41, 5.74) is 0.676. The van der Waals surface area contributed by atoms with E-state index in [2.05, 4.69) is 11.9 Å². The van der Waals surface area contributed by atoms with E-state index in [-0.39, 0.29) is 24.5 Å². The van der Waals surface area contributed by atoms with Crippen LogP contribution in [-0.2, 0) is 11.3 Å². The molecule has 0 atom stereocenters. The fraction of sp³-hybridized carbons (Fsp3) is 0.231. The van der Waals surface area contributed by atoms with Crippen molar-refractivity contribution >= 4 is 12.1 Å². The van der Waals surface area contributed by atoms with E-state index in [0.717, 1.165) is 0 Å². The topological polar surface area (TPSA) is 84.9 Å². The maximum absolute atomic E-state index is 11.2. The quantitative estimate of drug-likeness (QED) is 0.766. The second-order valence-corrected chi connectivity index (χ2v) is 3.58. The Balaban J connectivity index is 2.69. The highest BCUT2D eigenvalue weighted by Crippen LogP contribution is 2.19. The summed E-state index contributed by atoms with van der Waals surface area (Å²) in [6.07, 6.45) is 0.864. The zero-order valence-corrected chi connectivity index (χ0v) is 10.5. The fourth-order valence-corrected chi connectivity index (χ4v) is 1.39. The molecule has 1 aromatic carbocycles. The Bertz CT molecular complexity index is 484. The van der Waals surface area contributed by atoms with Gasteiger partial charge in [0.25, 0.3) is 0 Å². The number of hydrogen-bond acceptors (Lipinski definition) is 4. The number of hydrogen-bond donors (Lipinski definition) is 2. The third-order valence-electron chi connectivity index (χ3n) is 2.26. The molecule has 1 aromatic rings. The zero-order valence-electron chi connectivity index (χ0n) is 10.5. The van der Waals surface area contributed by atoms with E-state index in [0.29, 0.717) is 5.56 Å². The van der Waals surface area contributed by atoms with Crippen molar-refractivity contribution in [2.24, 2.45) is 0 Å². The fourth-order valence-electron chi connectivity index (χ4n) is 1.39. The summed E-state index contributed by atoms with van der Waals surface area (Å²) in [5, 5.41) is 11.5. The molecule has 1 amide bonds. The number of carboxylic acids is 1. The molecule has 2 N–H and O–H groups in total. The van der Waals surface area contributed by atoms with E-state index in [1.54, 1.807) is 6.07 Å². The van der Waals surface area contributed by atoms with Gasteiger partial charge in [0.2, 0.25) is 0 Å². The summed E-state index contributed by atoms with van der Waals surface area (Å²) in [7, 11) is 1.40. The molecule has 0 saturated heterocycles. The maximum atomic E-state index is 11.2. The van der Waals surface area contributed by atoms with Crippen LogP contribution in [0.25, 0.3) is 0 Å². The average molecular weight is 265 g/mol. The van der Waals surface area contributed by atoms with Crippen molar-refractivity contribution < 1.29 is 24.2 Å². The number of benzene rings is 1. The molecule has 1 rings (SSSR count). The molecule has 0 aliphatic heterocycles. The van der Waals surface area contributed by atoms with E-state index < -0.39 is 12.1 Å². The van der Waals surface area contributed by atoms with Crippen LogP contribution in [0.4, 0.5) is 4.79 Å². The Labute approximate surface area is 110 Å². The number of carboxylic acid groups (broad SMARTS) is 1. The number of methoxy groups -OCH3 is 1. The Kier molecular flexibility index (Phi) is 5.40. The molecule has 0 saturated carbocycles. The summed E-state index contributed by atoms with van der Waals surface area (Å²) in [6.45, 7) is 3.70. The summed E-state index contributed by atoms with van der Waals surface area (Å²) in [5.74, 6) is -0.821. The van der Waals surface area contributed by atoms with Crippen LogP contribution in [0.5, 0.6) is 5.75 Å². The number of nitrogens with one attached hydrogen (secondary N) is 1. The van der Waals surface area contributed by atoms with Crippen molar-refractivity contribution in [2.75, 3.05) is 13.7 Å². The van der Waals surface area contributed by atoms with Crippen molar-refractivity contribution in [1.29, 1.82) is 0 Å². The number of ether oxygens (including phenoxy) is 2. The first-order chi connectivity index (χ1) is 9.08. The minimum Gasteiger partial charge on any atom is -0.496 e. The normalized spacial score (nSPS) is 9.53. The molecule has 0 aromatic heterocycles. The van der Waals surface area contributed by atoms with E-state index in [1.807, 2.05) is 0 Å². The molecule has 0 aliphatic rings. The minimum absolute atomic E-state index is 0.0428. The minimum atomic E-state index is -1.09. The van der Waals surface area contributed by atoms with Gasteiger partial charge in [-0.2, -0.15) is 0 Å². The molecule has 0 heterocycles. The van der Waals surface area contributed by atoms with Gasteiger partial charge in [0.05, 0.1) is 7.11 Å². The van der Waals surface area contributed by atoms with Crippen molar-refractivity contribution in [3.8, 4) is 5.75 Å². The van der Waals surface area contributed by atoms with Gasteiger partial charge in [-0.3, -0.25) is 0 Å². The Morgan fingerprint density at radius 1 is 1.47 bits per heavy atom. The molecule has 0 aliphatic carbocycles. The van der Waals surface area contributed by atoms with Crippen molar-refractivity contribution in [1.82, 2.24) is 5.32 Å². The Morgan fingerprint density at radius 2 is 2.21 bits per heavy atom. The standard InChI is InChI=1S/C13H15NO5/c1-3-6-19-13(17)14-8-9-4-5-11(18-2)10(7-9)12(15)16/h3-5,7H,1,6,8H2,2H3,(H,14,17)(H,15,16). The highest BCUT2D eigenvalue weighted by molar-refractivity contribution is 5.91. The summed E-state index contributed by atoms with van der Waals surface area (Å²) >= 11 is 0. The maximum Gasteiger partial charge on any atom is 0.407 e. The van der Waals surface area contributed by atoms with Crippen LogP contribution in [0.15, 0.2) is 30.9 Å². The van der Waals surface area contributed by atoms with E-state index in [4.69, 9.17) is 14.6 Å². The number of carbonyl (C=O) groups is 2. The molecule has 0 fully saturated rings. The molecular formula is C13H15NO5. The van der Waals surface area contributed by atoms with Crippen LogP contribution < -0.4 is 10.1 Å². The molecule has 0 unspecified atom stereocenters. The van der Waals surface area contributed by atoms with Crippen LogP contribution in [0.2, 0.25) is 0 Å². The van der Waals surface area contributed by atoms with Crippen molar-refractivity contribution in [3.63, 3.8) is 0 Å². The van der Waals surface area contributed by atoms with Gasteiger partial charge in [-0.15, -0.1) is 0 Å². The first kappa shape index (κ1) is 14.6. The molecular weight excluding hydrogens is 250 g/mol. The molecule has 102 valence electrons. The third kappa shape index (κ3) is 4.34. The number of carbonyl (C=O) groups excluding carboxylic acids is 1. The van der Waals surface area contributed by atoms with Crippen molar-refractivity contribution in [3.05, 3.63) is 42.0 Å². The van der Waals surface area contributed by atoms with Crippen LogP contribution in [0.3, 0.4) is 0 Å². The van der Waals surface area contributed by atoms with Crippen LogP contribution in [0, 0.1) is 0 Å². The summed E-state index contributed by atoms with van der Waals surface area (Å²) in [4.78, 5) is 22.2. The SMILES string of the molecule is C=CCOC(=O)NCc1ccc(OC)c(C(=O)O)c1. The number of aromatic carboxylic acids is 1. The van der Waals surface area contributed by atoms with Crippen molar-refractivity contribution in [2.45, 2.75) is 6.54 Å². The lowest BCUT2D eigenvalue weighted by molar-refractivity contribution is 0.0693. The third-order valence-corrected chi connectivity index (χ3v) is 2.26. The highest BCUT2D eigenvalue weighted by Gasteiger charge is 2.11. The second kappa shape index (κ2) is 7.05. The predicted molar refractivity (Wildman–Crippen MR) is 68.3 cm³/mol. The molecule has 0 radical (unpaired) electrons. The Morgan fingerprint density at radius 3 is 2.79 bits per heavy atom. The van der Waals surface area contributed by atoms with Gasteiger partial charge >= 0.3 is 12.1 Å².